The van der Waals surface area contributed by atoms with Gasteiger partial charge in [0.2, 0.25) is 0 Å². The maximum Gasteiger partial charge on any atom is 0.299 e. The molecule has 0 bridgehead atoms. The van der Waals surface area contributed by atoms with Gasteiger partial charge in [0.1, 0.15) is 11.4 Å². The zero-order valence-corrected chi connectivity index (χ0v) is 10.6. The molecule has 19 heavy (non-hydrogen) atoms. The van der Waals surface area contributed by atoms with Gasteiger partial charge in [-0.05, 0) is 25.1 Å². The second-order valence-electron chi connectivity index (χ2n) is 4.18. The molecule has 1 aliphatic heterocycles. The van der Waals surface area contributed by atoms with Gasteiger partial charge in [0, 0.05) is 5.02 Å². The summed E-state index contributed by atoms with van der Waals surface area (Å²) < 4.78 is 4.58. The molecule has 0 spiro atoms. The van der Waals surface area contributed by atoms with E-state index in [9.17, 15) is 9.59 Å². The number of benzene rings is 1. The molecule has 0 atom stereocenters. The van der Waals surface area contributed by atoms with Crippen molar-refractivity contribution in [2.45, 2.75) is 13.5 Å². The highest BCUT2D eigenvalue weighted by molar-refractivity contribution is 6.52. The summed E-state index contributed by atoms with van der Waals surface area (Å²) in [5.41, 5.74) is 1.93. The van der Waals surface area contributed by atoms with Crippen LogP contribution < -0.4 is 4.90 Å². The first-order valence-corrected chi connectivity index (χ1v) is 5.89. The van der Waals surface area contributed by atoms with Crippen LogP contribution in [0.3, 0.4) is 0 Å². The Labute approximate surface area is 112 Å². The van der Waals surface area contributed by atoms with E-state index >= 15 is 0 Å². The molecule has 0 saturated carbocycles. The second-order valence-corrected chi connectivity index (χ2v) is 4.61. The number of halogens is 1. The minimum absolute atomic E-state index is 0.132. The molecule has 1 aliphatic rings. The summed E-state index contributed by atoms with van der Waals surface area (Å²) in [6.07, 6.45) is 0. The van der Waals surface area contributed by atoms with Gasteiger partial charge in [0.15, 0.2) is 0 Å². The van der Waals surface area contributed by atoms with Gasteiger partial charge in [-0.25, -0.2) is 4.63 Å². The molecule has 0 fully saturated rings. The summed E-state index contributed by atoms with van der Waals surface area (Å²) >= 11 is 5.90. The molecule has 1 aromatic carbocycles. The fourth-order valence-electron chi connectivity index (χ4n) is 1.97. The number of rotatable bonds is 2. The number of hydrogen-bond donors (Lipinski definition) is 0. The third-order valence-electron chi connectivity index (χ3n) is 2.99. The van der Waals surface area contributed by atoms with Gasteiger partial charge in [-0.1, -0.05) is 21.9 Å². The number of aromatic nitrogens is 2. The molecule has 3 rings (SSSR count). The summed E-state index contributed by atoms with van der Waals surface area (Å²) in [6, 6.07) is 4.71. The van der Waals surface area contributed by atoms with Crippen LogP contribution in [0.25, 0.3) is 0 Å². The molecule has 7 heteroatoms. The number of anilines is 1. The lowest BCUT2D eigenvalue weighted by Crippen LogP contribution is -2.29. The highest BCUT2D eigenvalue weighted by atomic mass is 35.5. The summed E-state index contributed by atoms with van der Waals surface area (Å²) in [6.45, 7) is 1.85. The first kappa shape index (κ1) is 11.9. The molecular formula is C12H8ClN3O3. The first-order valence-electron chi connectivity index (χ1n) is 5.51. The highest BCUT2D eigenvalue weighted by Crippen LogP contribution is 2.32. The lowest BCUT2D eigenvalue weighted by molar-refractivity contribution is -0.114. The average molecular weight is 278 g/mol. The smallest absolute Gasteiger partial charge is 0.298 e. The van der Waals surface area contributed by atoms with Gasteiger partial charge in [-0.15, -0.1) is 0 Å². The van der Waals surface area contributed by atoms with Crippen LogP contribution >= 0.6 is 11.6 Å². The molecular weight excluding hydrogens is 270 g/mol. The van der Waals surface area contributed by atoms with Crippen LogP contribution in [0.5, 0.6) is 0 Å². The summed E-state index contributed by atoms with van der Waals surface area (Å²) in [5.74, 6) is -1.14. The van der Waals surface area contributed by atoms with Crippen molar-refractivity contribution in [2.24, 2.45) is 0 Å². The Morgan fingerprint density at radius 1 is 1.32 bits per heavy atom. The van der Waals surface area contributed by atoms with Crippen LogP contribution in [0, 0.1) is 6.92 Å². The van der Waals surface area contributed by atoms with Crippen molar-refractivity contribution in [1.29, 1.82) is 0 Å². The maximum absolute atomic E-state index is 12.0. The normalized spacial score (nSPS) is 14.1. The van der Waals surface area contributed by atoms with E-state index in [4.69, 9.17) is 11.6 Å². The number of carbonyl (C=O) groups is 2. The van der Waals surface area contributed by atoms with Crippen LogP contribution in [0.15, 0.2) is 22.8 Å². The Morgan fingerprint density at radius 3 is 2.79 bits per heavy atom. The quantitative estimate of drug-likeness (QED) is 0.782. The lowest BCUT2D eigenvalue weighted by Gasteiger charge is -2.14. The number of carbonyl (C=O) groups excluding carboxylic acids is 2. The van der Waals surface area contributed by atoms with E-state index in [1.54, 1.807) is 25.1 Å². The predicted molar refractivity (Wildman–Crippen MR) is 66.0 cm³/mol. The lowest BCUT2D eigenvalue weighted by atomic mass is 10.1. The van der Waals surface area contributed by atoms with Gasteiger partial charge in [-0.2, -0.15) is 0 Å². The van der Waals surface area contributed by atoms with Crippen LogP contribution in [0.1, 0.15) is 21.7 Å². The van der Waals surface area contributed by atoms with Crippen molar-refractivity contribution in [3.05, 3.63) is 40.2 Å². The first-order chi connectivity index (χ1) is 9.08. The van der Waals surface area contributed by atoms with Crippen molar-refractivity contribution in [3.8, 4) is 0 Å². The maximum atomic E-state index is 12.0. The fraction of sp³-hybridized carbons (Fsp3) is 0.167. The minimum atomic E-state index is -0.598. The van der Waals surface area contributed by atoms with Crippen molar-refractivity contribution < 1.29 is 14.2 Å². The van der Waals surface area contributed by atoms with Crippen LogP contribution in [0.2, 0.25) is 5.02 Å². The topological polar surface area (TPSA) is 76.3 Å². The van der Waals surface area contributed by atoms with Crippen molar-refractivity contribution in [3.63, 3.8) is 0 Å². The molecule has 1 amide bonds. The standard InChI is InChI=1S/C12H8ClN3O3/c1-6-9(15-19-14-6)5-16-10-4-7(13)2-3-8(10)11(17)12(16)18/h2-4H,5H2,1H3. The van der Waals surface area contributed by atoms with E-state index in [0.717, 1.165) is 0 Å². The van der Waals surface area contributed by atoms with Crippen LogP contribution in [-0.4, -0.2) is 22.0 Å². The zero-order valence-electron chi connectivity index (χ0n) is 9.88. The van der Waals surface area contributed by atoms with E-state index in [1.807, 2.05) is 0 Å². The Balaban J connectivity index is 2.04. The highest BCUT2D eigenvalue weighted by Gasteiger charge is 2.36. The molecule has 6 nitrogen and oxygen atoms in total. The van der Waals surface area contributed by atoms with Crippen LogP contribution in [-0.2, 0) is 11.3 Å². The second kappa shape index (κ2) is 4.17. The Kier molecular flexibility index (Phi) is 2.60. The van der Waals surface area contributed by atoms with Crippen molar-refractivity contribution in [1.82, 2.24) is 10.3 Å². The van der Waals surface area contributed by atoms with E-state index in [0.29, 0.717) is 27.7 Å². The summed E-state index contributed by atoms with van der Waals surface area (Å²) in [4.78, 5) is 25.1. The Hall–Kier alpha value is -2.21. The van der Waals surface area contributed by atoms with E-state index in [1.165, 1.54) is 4.90 Å². The van der Waals surface area contributed by atoms with Crippen molar-refractivity contribution >= 4 is 29.0 Å². The number of amides is 1. The molecule has 2 aromatic rings. The largest absolute Gasteiger partial charge is 0.299 e. The van der Waals surface area contributed by atoms with Gasteiger partial charge in [-0.3, -0.25) is 14.5 Å². The van der Waals surface area contributed by atoms with Gasteiger partial charge < -0.3 is 0 Å². The SMILES string of the molecule is Cc1nonc1CN1C(=O)C(=O)c2ccc(Cl)cc21. The number of hydrogen-bond acceptors (Lipinski definition) is 5. The number of fused-ring (bicyclic) bond motifs is 1. The van der Waals surface area contributed by atoms with Gasteiger partial charge in [0.25, 0.3) is 11.7 Å². The molecule has 0 N–H and O–H groups in total. The third-order valence-corrected chi connectivity index (χ3v) is 3.22. The Morgan fingerprint density at radius 2 is 2.11 bits per heavy atom. The third kappa shape index (κ3) is 1.80. The van der Waals surface area contributed by atoms with Crippen molar-refractivity contribution in [2.75, 3.05) is 4.90 Å². The fourth-order valence-corrected chi connectivity index (χ4v) is 2.13. The van der Waals surface area contributed by atoms with Crippen LogP contribution in [0.4, 0.5) is 5.69 Å². The molecule has 0 radical (unpaired) electrons. The van der Waals surface area contributed by atoms with E-state index in [2.05, 4.69) is 14.9 Å². The zero-order chi connectivity index (χ0) is 13.6. The number of ketones is 1. The predicted octanol–water partition coefficient (Wildman–Crippen LogP) is 1.76. The van der Waals surface area contributed by atoms with E-state index in [-0.39, 0.29) is 6.54 Å². The minimum Gasteiger partial charge on any atom is -0.298 e. The molecule has 0 unspecified atom stereocenters. The molecule has 0 aliphatic carbocycles. The average Bonchev–Trinajstić information content (AvgIpc) is 2.88. The van der Waals surface area contributed by atoms with E-state index < -0.39 is 11.7 Å². The number of Topliss-reactive ketones (excluding diaryl/α,β-unsaturated/α-hetero) is 1. The summed E-state index contributed by atoms with van der Waals surface area (Å²) in [7, 11) is 0. The van der Waals surface area contributed by atoms with Gasteiger partial charge in [0.05, 0.1) is 17.8 Å². The number of aryl methyl sites for hydroxylation is 1. The monoisotopic (exact) mass is 277 g/mol. The molecule has 0 saturated heterocycles. The number of nitrogens with zero attached hydrogens (tertiary/aromatic N) is 3. The molecule has 2 heterocycles. The summed E-state index contributed by atoms with van der Waals surface area (Å²) in [5, 5.41) is 7.81. The molecule has 96 valence electrons. The molecule has 1 aromatic heterocycles. The van der Waals surface area contributed by atoms with Gasteiger partial charge >= 0.3 is 0 Å². The Bertz CT molecular complexity index is 695.